The van der Waals surface area contributed by atoms with E-state index in [-0.39, 0.29) is 12.1 Å². The lowest BCUT2D eigenvalue weighted by Crippen LogP contribution is -2.55. The lowest BCUT2D eigenvalue weighted by Gasteiger charge is -2.45. The summed E-state index contributed by atoms with van der Waals surface area (Å²) in [5, 5.41) is 10.3. The number of rotatable bonds is 4. The van der Waals surface area contributed by atoms with E-state index >= 15 is 0 Å². The fourth-order valence-electron chi connectivity index (χ4n) is 3.32. The summed E-state index contributed by atoms with van der Waals surface area (Å²) in [6.45, 7) is 8.94. The van der Waals surface area contributed by atoms with Crippen LogP contribution >= 0.6 is 0 Å². The Bertz CT molecular complexity index is 266. The second-order valence-electron chi connectivity index (χ2n) is 5.57. The predicted octanol–water partition coefficient (Wildman–Crippen LogP) is 1.76. The molecule has 1 N–H and O–H groups in total. The third kappa shape index (κ3) is 2.72. The summed E-state index contributed by atoms with van der Waals surface area (Å²) in [5.41, 5.74) is 0. The van der Waals surface area contributed by atoms with Crippen molar-refractivity contribution in [1.82, 2.24) is 4.90 Å². The van der Waals surface area contributed by atoms with Crippen LogP contribution in [0.3, 0.4) is 0 Å². The molecule has 2 aliphatic rings. The summed E-state index contributed by atoms with van der Waals surface area (Å²) in [4.78, 5) is 2.40. The molecule has 0 aromatic heterocycles. The summed E-state index contributed by atoms with van der Waals surface area (Å²) in [7, 11) is 0. The Labute approximate surface area is 110 Å². The third-order valence-electron chi connectivity index (χ3n) is 4.55. The fourth-order valence-corrected chi connectivity index (χ4v) is 3.32. The van der Waals surface area contributed by atoms with Gasteiger partial charge >= 0.3 is 0 Å². The van der Waals surface area contributed by atoms with Crippen LogP contribution in [0.5, 0.6) is 0 Å². The van der Waals surface area contributed by atoms with Gasteiger partial charge in [0.2, 0.25) is 0 Å². The molecule has 1 aliphatic carbocycles. The molecule has 106 valence electrons. The van der Waals surface area contributed by atoms with Crippen molar-refractivity contribution in [1.29, 1.82) is 0 Å². The van der Waals surface area contributed by atoms with E-state index in [1.165, 1.54) is 0 Å². The van der Waals surface area contributed by atoms with E-state index in [1.54, 1.807) is 0 Å². The molecule has 4 nitrogen and oxygen atoms in total. The van der Waals surface area contributed by atoms with Crippen molar-refractivity contribution >= 4 is 0 Å². The number of aliphatic hydroxyl groups excluding tert-OH is 1. The zero-order chi connectivity index (χ0) is 13.2. The molecule has 0 bridgehead atoms. The molecule has 1 saturated carbocycles. The zero-order valence-corrected chi connectivity index (χ0v) is 11.9. The minimum Gasteiger partial charge on any atom is -0.391 e. The molecular weight excluding hydrogens is 230 g/mol. The monoisotopic (exact) mass is 257 g/mol. The van der Waals surface area contributed by atoms with Crippen LogP contribution in [0.1, 0.15) is 46.5 Å². The Morgan fingerprint density at radius 1 is 1.33 bits per heavy atom. The highest BCUT2D eigenvalue weighted by atomic mass is 16.7. The van der Waals surface area contributed by atoms with Crippen molar-refractivity contribution in [3.8, 4) is 0 Å². The van der Waals surface area contributed by atoms with Gasteiger partial charge in [-0.3, -0.25) is 4.90 Å². The molecule has 1 heterocycles. The highest BCUT2D eigenvalue weighted by molar-refractivity contribution is 4.94. The Balaban J connectivity index is 2.08. The highest BCUT2D eigenvalue weighted by Gasteiger charge is 2.46. The van der Waals surface area contributed by atoms with E-state index in [0.717, 1.165) is 32.2 Å². The van der Waals surface area contributed by atoms with Gasteiger partial charge < -0.3 is 14.6 Å². The topological polar surface area (TPSA) is 41.9 Å². The molecule has 1 saturated heterocycles. The molecule has 1 spiro atoms. The maximum Gasteiger partial charge on any atom is 0.170 e. The Morgan fingerprint density at radius 2 is 2.00 bits per heavy atom. The maximum atomic E-state index is 10.3. The van der Waals surface area contributed by atoms with Crippen molar-refractivity contribution in [2.24, 2.45) is 0 Å². The summed E-state index contributed by atoms with van der Waals surface area (Å²) >= 11 is 0. The first kappa shape index (κ1) is 14.3. The predicted molar refractivity (Wildman–Crippen MR) is 70.4 cm³/mol. The second-order valence-corrected chi connectivity index (χ2v) is 5.57. The van der Waals surface area contributed by atoms with E-state index in [1.807, 2.05) is 0 Å². The van der Waals surface area contributed by atoms with Gasteiger partial charge in [-0.05, 0) is 26.3 Å². The van der Waals surface area contributed by atoms with Gasteiger partial charge in [-0.1, -0.05) is 13.8 Å². The number of likely N-dealkylation sites (N-methyl/N-ethyl adjacent to an activating group) is 1. The molecule has 0 aromatic rings. The zero-order valence-electron chi connectivity index (χ0n) is 11.9. The summed E-state index contributed by atoms with van der Waals surface area (Å²) < 4.78 is 11.6. The van der Waals surface area contributed by atoms with Gasteiger partial charge in [-0.2, -0.15) is 0 Å². The van der Waals surface area contributed by atoms with E-state index in [9.17, 15) is 5.11 Å². The average Bonchev–Trinajstić information content (AvgIpc) is 2.83. The van der Waals surface area contributed by atoms with Crippen LogP contribution in [0, 0.1) is 0 Å². The lowest BCUT2D eigenvalue weighted by molar-refractivity contribution is -0.207. The lowest BCUT2D eigenvalue weighted by atomic mass is 9.85. The van der Waals surface area contributed by atoms with Crippen LogP contribution in [0.25, 0.3) is 0 Å². The van der Waals surface area contributed by atoms with Gasteiger partial charge in [0.1, 0.15) is 0 Å². The van der Waals surface area contributed by atoms with Crippen LogP contribution in [-0.4, -0.2) is 53.7 Å². The largest absolute Gasteiger partial charge is 0.391 e. The molecule has 2 fully saturated rings. The molecule has 3 atom stereocenters. The Kier molecular flexibility index (Phi) is 4.64. The van der Waals surface area contributed by atoms with Gasteiger partial charge in [0.15, 0.2) is 5.79 Å². The number of hydrogen-bond acceptors (Lipinski definition) is 4. The SMILES string of the molecule is CCC(C)N(CC)C1CC2(CCC1O)OCCO2. The highest BCUT2D eigenvalue weighted by Crippen LogP contribution is 2.38. The number of nitrogens with zero attached hydrogens (tertiary/aromatic N) is 1. The van der Waals surface area contributed by atoms with Gasteiger partial charge in [-0.15, -0.1) is 0 Å². The van der Waals surface area contributed by atoms with Crippen LogP contribution in [0.15, 0.2) is 0 Å². The molecule has 0 aromatic carbocycles. The van der Waals surface area contributed by atoms with Crippen LogP contribution in [0.4, 0.5) is 0 Å². The van der Waals surface area contributed by atoms with E-state index < -0.39 is 5.79 Å². The number of aliphatic hydroxyl groups is 1. The van der Waals surface area contributed by atoms with E-state index in [0.29, 0.717) is 19.3 Å². The summed E-state index contributed by atoms with van der Waals surface area (Å²) in [6, 6.07) is 0.656. The molecule has 18 heavy (non-hydrogen) atoms. The van der Waals surface area contributed by atoms with Crippen LogP contribution in [-0.2, 0) is 9.47 Å². The van der Waals surface area contributed by atoms with E-state index in [2.05, 4.69) is 25.7 Å². The van der Waals surface area contributed by atoms with Crippen molar-refractivity contribution in [2.45, 2.75) is 70.4 Å². The van der Waals surface area contributed by atoms with Crippen LogP contribution < -0.4 is 0 Å². The minimum absolute atomic E-state index is 0.164. The smallest absolute Gasteiger partial charge is 0.170 e. The van der Waals surface area contributed by atoms with Crippen molar-refractivity contribution < 1.29 is 14.6 Å². The Hall–Kier alpha value is -0.160. The second kappa shape index (κ2) is 5.87. The first-order chi connectivity index (χ1) is 8.62. The molecular formula is C14H27NO3. The van der Waals surface area contributed by atoms with E-state index in [4.69, 9.17) is 9.47 Å². The van der Waals surface area contributed by atoms with Gasteiger partial charge in [0.05, 0.1) is 19.3 Å². The molecule has 1 aliphatic heterocycles. The first-order valence-corrected chi connectivity index (χ1v) is 7.33. The van der Waals surface area contributed by atoms with Crippen molar-refractivity contribution in [3.05, 3.63) is 0 Å². The molecule has 4 heteroatoms. The standard InChI is InChI=1S/C14H27NO3/c1-4-11(3)15(5-2)12-10-14(7-6-13(12)16)17-8-9-18-14/h11-13,16H,4-10H2,1-3H3. The molecule has 2 rings (SSSR count). The van der Waals surface area contributed by atoms with Gasteiger partial charge in [0, 0.05) is 24.9 Å². The van der Waals surface area contributed by atoms with Gasteiger partial charge in [0.25, 0.3) is 0 Å². The van der Waals surface area contributed by atoms with Crippen LogP contribution in [0.2, 0.25) is 0 Å². The summed E-state index contributed by atoms with van der Waals surface area (Å²) in [6.07, 6.45) is 3.25. The maximum absolute atomic E-state index is 10.3. The quantitative estimate of drug-likeness (QED) is 0.833. The third-order valence-corrected chi connectivity index (χ3v) is 4.55. The van der Waals surface area contributed by atoms with Crippen molar-refractivity contribution in [3.63, 3.8) is 0 Å². The first-order valence-electron chi connectivity index (χ1n) is 7.33. The molecule has 3 unspecified atom stereocenters. The molecule has 0 amide bonds. The fraction of sp³-hybridized carbons (Fsp3) is 1.00. The van der Waals surface area contributed by atoms with Crippen molar-refractivity contribution in [2.75, 3.05) is 19.8 Å². The number of ether oxygens (including phenoxy) is 2. The number of hydrogen-bond donors (Lipinski definition) is 1. The molecule has 0 radical (unpaired) electrons. The minimum atomic E-state index is -0.412. The van der Waals surface area contributed by atoms with Gasteiger partial charge in [-0.25, -0.2) is 0 Å². The normalized spacial score (nSPS) is 33.2. The Morgan fingerprint density at radius 3 is 2.56 bits per heavy atom. The summed E-state index contributed by atoms with van der Waals surface area (Å²) in [5.74, 6) is -0.412. The average molecular weight is 257 g/mol.